The number of rotatable bonds is 10. The van der Waals surface area contributed by atoms with Crippen molar-refractivity contribution in [2.24, 2.45) is 17.6 Å². The summed E-state index contributed by atoms with van der Waals surface area (Å²) in [5, 5.41) is 10.9. The van der Waals surface area contributed by atoms with Crippen molar-refractivity contribution in [3.05, 3.63) is 95.1 Å². The number of anilines is 1. The average molecular weight is 951 g/mol. The molecule has 6 amide bonds. The summed E-state index contributed by atoms with van der Waals surface area (Å²) >= 11 is 0. The van der Waals surface area contributed by atoms with E-state index in [1.165, 1.54) is 5.56 Å². The van der Waals surface area contributed by atoms with Gasteiger partial charge in [0.05, 0.1) is 6.04 Å². The second kappa shape index (κ2) is 19.9. The second-order valence-corrected chi connectivity index (χ2v) is 20.8. The van der Waals surface area contributed by atoms with Gasteiger partial charge in [-0.05, 0) is 162 Å². The number of ether oxygens (including phenoxy) is 1. The van der Waals surface area contributed by atoms with Crippen molar-refractivity contribution < 1.29 is 28.7 Å². The Kier molecular flexibility index (Phi) is 13.1. The topological polar surface area (TPSA) is 179 Å². The molecule has 16 heteroatoms. The van der Waals surface area contributed by atoms with E-state index >= 15 is 0 Å². The Balaban J connectivity index is 0.609. The van der Waals surface area contributed by atoms with Crippen molar-refractivity contribution in [2.45, 2.75) is 101 Å². The van der Waals surface area contributed by atoms with Gasteiger partial charge < -0.3 is 40.3 Å². The standard InChI is InChI=1S/C54H66N10O6/c55-50(66)48-49(38-6-9-43(10-7-38)70-42-4-2-1-3-5-42)58-64-45(14-23-56-51(48)64)37-17-24-59(25-18-37)33-35-15-26-61(27-16-35)54(69)62-30-21-41(22-31-62)60-28-19-36(20-29-60)39-8-11-44-40(32-39)34-63(53(44)68)46-12-13-47(65)57-52(46)67/h1-11,32,35-37,41,45-46,56H,12-31,33-34H2,(H2,55,66)(H,57,65,67)/t45-,46?/m0/s1. The fourth-order valence-electron chi connectivity index (χ4n) is 12.7. The number of hydrogen-bond donors (Lipinski definition) is 3. The smallest absolute Gasteiger partial charge is 0.319 e. The molecular formula is C54H66N10O6. The zero-order chi connectivity index (χ0) is 47.9. The van der Waals surface area contributed by atoms with Crippen LogP contribution in [-0.2, 0) is 16.1 Å². The Morgan fingerprint density at radius 2 is 1.44 bits per heavy atom. The van der Waals surface area contributed by atoms with Crippen LogP contribution in [0.1, 0.15) is 114 Å². The van der Waals surface area contributed by atoms with Crippen molar-refractivity contribution in [2.75, 3.05) is 70.8 Å². The fraction of sp³-hybridized carbons (Fsp3) is 0.519. The van der Waals surface area contributed by atoms with E-state index in [1.807, 2.05) is 60.7 Å². The highest BCUT2D eigenvalue weighted by Crippen LogP contribution is 2.41. The number of urea groups is 1. The Bertz CT molecular complexity index is 2590. The van der Waals surface area contributed by atoms with Crippen LogP contribution in [0.25, 0.3) is 11.3 Å². The van der Waals surface area contributed by atoms with Crippen molar-refractivity contribution in [3.63, 3.8) is 0 Å². The highest BCUT2D eigenvalue weighted by Gasteiger charge is 2.41. The quantitative estimate of drug-likeness (QED) is 0.150. The molecule has 70 heavy (non-hydrogen) atoms. The van der Waals surface area contributed by atoms with Crippen LogP contribution in [0.2, 0.25) is 0 Å². The molecule has 0 bridgehead atoms. The molecule has 0 spiro atoms. The first-order chi connectivity index (χ1) is 34.1. The molecule has 5 fully saturated rings. The number of nitrogens with two attached hydrogens (primary N) is 1. The lowest BCUT2D eigenvalue weighted by atomic mass is 9.86. The molecule has 0 saturated carbocycles. The maximum atomic E-state index is 13.8. The number of hydrogen-bond acceptors (Lipinski definition) is 10. The number of carbonyl (C=O) groups is 5. The first kappa shape index (κ1) is 46.1. The summed E-state index contributed by atoms with van der Waals surface area (Å²) in [4.78, 5) is 75.2. The van der Waals surface area contributed by atoms with Crippen LogP contribution in [-0.4, -0.2) is 141 Å². The van der Waals surface area contributed by atoms with Gasteiger partial charge in [-0.25, -0.2) is 9.48 Å². The van der Waals surface area contributed by atoms with Crippen LogP contribution in [0.4, 0.5) is 10.6 Å². The van der Waals surface area contributed by atoms with Gasteiger partial charge in [0.2, 0.25) is 11.8 Å². The van der Waals surface area contributed by atoms with Gasteiger partial charge in [-0.3, -0.25) is 24.5 Å². The van der Waals surface area contributed by atoms with E-state index in [2.05, 4.69) is 47.0 Å². The minimum Gasteiger partial charge on any atom is -0.457 e. The highest BCUT2D eigenvalue weighted by molar-refractivity contribution is 6.05. The second-order valence-electron chi connectivity index (χ2n) is 20.8. The monoisotopic (exact) mass is 951 g/mol. The molecule has 0 radical (unpaired) electrons. The van der Waals surface area contributed by atoms with Crippen molar-refractivity contribution in [3.8, 4) is 22.8 Å². The molecule has 0 aliphatic carbocycles. The van der Waals surface area contributed by atoms with E-state index in [0.717, 1.165) is 146 Å². The van der Waals surface area contributed by atoms with Crippen LogP contribution in [0.15, 0.2) is 72.8 Å². The number of nitrogens with zero attached hydrogens (tertiary/aromatic N) is 7. The lowest BCUT2D eigenvalue weighted by Gasteiger charge is -2.44. The third kappa shape index (κ3) is 9.39. The highest BCUT2D eigenvalue weighted by atomic mass is 16.5. The Hall–Kier alpha value is -6.26. The summed E-state index contributed by atoms with van der Waals surface area (Å²) in [6.45, 7) is 9.65. The SMILES string of the molecule is NC(=O)c1c(-c2ccc(Oc3ccccc3)cc2)nn2c1NCC[C@H]2C1CCN(CC2CCN(C(=O)N3CCC(N4CCC(c5ccc6c(c5)CN(C5CCC(=O)NC5=O)C6=O)CC4)CC3)CC2)CC1. The molecule has 3 aromatic carbocycles. The third-order valence-electron chi connectivity index (χ3n) is 16.7. The number of aromatic nitrogens is 2. The van der Waals surface area contributed by atoms with E-state index in [-0.39, 0.29) is 36.2 Å². The average Bonchev–Trinajstić information content (AvgIpc) is 3.95. The maximum absolute atomic E-state index is 13.8. The normalized spacial score (nSPS) is 23.5. The fourth-order valence-corrected chi connectivity index (χ4v) is 12.7. The summed E-state index contributed by atoms with van der Waals surface area (Å²) in [6, 6.07) is 23.8. The zero-order valence-corrected chi connectivity index (χ0v) is 40.1. The molecule has 7 aliphatic heterocycles. The molecular weight excluding hydrogens is 885 g/mol. The summed E-state index contributed by atoms with van der Waals surface area (Å²) in [5.41, 5.74) is 10.8. The van der Waals surface area contributed by atoms with Crippen LogP contribution < -0.4 is 21.1 Å². The van der Waals surface area contributed by atoms with Gasteiger partial charge in [0.15, 0.2) is 0 Å². The number of para-hydroxylation sites is 1. The Morgan fingerprint density at radius 1 is 0.743 bits per heavy atom. The number of primary amides is 1. The van der Waals surface area contributed by atoms with Crippen molar-refractivity contribution in [1.82, 2.24) is 39.6 Å². The molecule has 5 saturated heterocycles. The minimum atomic E-state index is -0.596. The number of nitrogens with one attached hydrogen (secondary N) is 2. The molecule has 4 aromatic rings. The molecule has 368 valence electrons. The molecule has 8 heterocycles. The zero-order valence-electron chi connectivity index (χ0n) is 40.1. The summed E-state index contributed by atoms with van der Waals surface area (Å²) in [6.07, 6.45) is 9.94. The van der Waals surface area contributed by atoms with Gasteiger partial charge in [0.1, 0.15) is 34.6 Å². The predicted molar refractivity (Wildman–Crippen MR) is 264 cm³/mol. The van der Waals surface area contributed by atoms with Gasteiger partial charge in [0.25, 0.3) is 11.8 Å². The number of benzene rings is 3. The van der Waals surface area contributed by atoms with E-state index in [0.29, 0.717) is 59.3 Å². The number of imide groups is 1. The molecule has 2 atom stereocenters. The summed E-state index contributed by atoms with van der Waals surface area (Å²) in [7, 11) is 0. The Morgan fingerprint density at radius 3 is 2.14 bits per heavy atom. The number of carbonyl (C=O) groups excluding carboxylic acids is 5. The van der Waals surface area contributed by atoms with E-state index in [9.17, 15) is 24.0 Å². The summed E-state index contributed by atoms with van der Waals surface area (Å²) < 4.78 is 8.06. The van der Waals surface area contributed by atoms with Gasteiger partial charge >= 0.3 is 6.03 Å². The van der Waals surface area contributed by atoms with Crippen molar-refractivity contribution >= 4 is 35.5 Å². The molecule has 1 aromatic heterocycles. The van der Waals surface area contributed by atoms with E-state index in [1.54, 1.807) is 4.90 Å². The maximum Gasteiger partial charge on any atom is 0.319 e. The van der Waals surface area contributed by atoms with Crippen LogP contribution in [0, 0.1) is 11.8 Å². The lowest BCUT2D eigenvalue weighted by molar-refractivity contribution is -0.136. The third-order valence-corrected chi connectivity index (χ3v) is 16.7. The molecule has 1 unspecified atom stereocenters. The van der Waals surface area contributed by atoms with Crippen LogP contribution >= 0.6 is 0 Å². The molecule has 4 N–H and O–H groups in total. The van der Waals surface area contributed by atoms with Crippen LogP contribution in [0.5, 0.6) is 11.5 Å². The number of fused-ring (bicyclic) bond motifs is 2. The first-order valence-corrected chi connectivity index (χ1v) is 25.9. The van der Waals surface area contributed by atoms with Gasteiger partial charge in [-0.1, -0.05) is 30.3 Å². The van der Waals surface area contributed by atoms with Crippen LogP contribution in [0.3, 0.4) is 0 Å². The number of likely N-dealkylation sites (tertiary alicyclic amines) is 4. The Labute approximate surface area is 409 Å². The number of amides is 6. The van der Waals surface area contributed by atoms with Gasteiger partial charge in [-0.15, -0.1) is 0 Å². The first-order valence-electron chi connectivity index (χ1n) is 25.9. The predicted octanol–water partition coefficient (Wildman–Crippen LogP) is 6.45. The molecule has 16 nitrogen and oxygen atoms in total. The van der Waals surface area contributed by atoms with Gasteiger partial charge in [0, 0.05) is 69.4 Å². The van der Waals surface area contributed by atoms with Crippen molar-refractivity contribution in [1.29, 1.82) is 0 Å². The largest absolute Gasteiger partial charge is 0.457 e. The van der Waals surface area contributed by atoms with E-state index < -0.39 is 11.9 Å². The summed E-state index contributed by atoms with van der Waals surface area (Å²) in [5.74, 6) is 2.40. The lowest BCUT2D eigenvalue weighted by Crippen LogP contribution is -2.53. The van der Waals surface area contributed by atoms with E-state index in [4.69, 9.17) is 15.6 Å². The van der Waals surface area contributed by atoms with Gasteiger partial charge in [-0.2, -0.15) is 5.10 Å². The number of piperidine rings is 5. The molecule has 7 aliphatic rings. The molecule has 11 rings (SSSR count). The minimum absolute atomic E-state index is 0.124.